The van der Waals surface area contributed by atoms with Crippen molar-refractivity contribution in [3.8, 4) is 11.1 Å². The lowest BCUT2D eigenvalue weighted by molar-refractivity contribution is 0.657. The Morgan fingerprint density at radius 2 is 1.47 bits per heavy atom. The first-order valence-corrected chi connectivity index (χ1v) is 15.5. The Kier molecular flexibility index (Phi) is 5.98. The number of amidine groups is 2. The molecule has 0 spiro atoms. The zero-order valence-corrected chi connectivity index (χ0v) is 24.5. The van der Waals surface area contributed by atoms with Crippen molar-refractivity contribution in [2.24, 2.45) is 15.9 Å². The Hall–Kier alpha value is -5.74. The fraction of sp³-hybridized carbons (Fsp3) is 0.0732. The van der Waals surface area contributed by atoms with E-state index in [0.717, 1.165) is 51.2 Å². The van der Waals surface area contributed by atoms with Crippen LogP contribution in [0.1, 0.15) is 28.4 Å². The van der Waals surface area contributed by atoms with Crippen molar-refractivity contribution < 1.29 is 4.42 Å². The Morgan fingerprint density at radius 1 is 0.667 bits per heavy atom. The van der Waals surface area contributed by atoms with Gasteiger partial charge in [0.15, 0.2) is 0 Å². The maximum atomic E-state index is 6.24. The predicted octanol–water partition coefficient (Wildman–Crippen LogP) is 9.74. The Labute approximate surface area is 261 Å². The fourth-order valence-electron chi connectivity index (χ4n) is 6.75. The molecule has 45 heavy (non-hydrogen) atoms. The third-order valence-electron chi connectivity index (χ3n) is 9.04. The highest BCUT2D eigenvalue weighted by Crippen LogP contribution is 2.34. The van der Waals surface area contributed by atoms with Gasteiger partial charge in [0.05, 0.1) is 0 Å². The minimum absolute atomic E-state index is 0.0775. The minimum Gasteiger partial charge on any atom is -0.456 e. The summed E-state index contributed by atoms with van der Waals surface area (Å²) in [6, 6.07) is 46.9. The van der Waals surface area contributed by atoms with Gasteiger partial charge < -0.3 is 9.73 Å². The quantitative estimate of drug-likeness (QED) is 0.226. The van der Waals surface area contributed by atoms with Crippen molar-refractivity contribution in [1.29, 1.82) is 0 Å². The molecule has 1 aromatic heterocycles. The van der Waals surface area contributed by atoms with E-state index in [1.165, 1.54) is 33.0 Å². The van der Waals surface area contributed by atoms with Crippen molar-refractivity contribution in [3.63, 3.8) is 0 Å². The third kappa shape index (κ3) is 4.54. The second-order valence-electron chi connectivity index (χ2n) is 11.8. The number of nitrogens with one attached hydrogen (secondary N) is 1. The standard InChI is InChI=1S/C41H29N3O/c1-2-9-26(10-3-1)29-18-19-31-25-33(22-20-30(31)23-29)40-42-39(32-21-17-27-11-4-5-12-28(27)24-32)43-41(44-40)35-14-8-16-37-38(35)34-13-6-7-15-36(34)45-37/h1-23,25,32,40H,24H2,(H,42,43,44). The van der Waals surface area contributed by atoms with Gasteiger partial charge in [-0.25, -0.2) is 9.98 Å². The number of rotatable bonds is 4. The summed E-state index contributed by atoms with van der Waals surface area (Å²) in [7, 11) is 0. The highest BCUT2D eigenvalue weighted by molar-refractivity contribution is 6.20. The van der Waals surface area contributed by atoms with Crippen LogP contribution in [0.4, 0.5) is 0 Å². The van der Waals surface area contributed by atoms with E-state index in [9.17, 15) is 0 Å². The summed E-state index contributed by atoms with van der Waals surface area (Å²) in [5.74, 6) is 1.73. The molecule has 0 saturated carbocycles. The third-order valence-corrected chi connectivity index (χ3v) is 9.04. The van der Waals surface area contributed by atoms with E-state index >= 15 is 0 Å². The smallest absolute Gasteiger partial charge is 0.147 e. The first-order valence-electron chi connectivity index (χ1n) is 15.5. The minimum atomic E-state index is -0.287. The molecule has 9 rings (SSSR count). The average Bonchev–Trinajstić information content (AvgIpc) is 3.50. The van der Waals surface area contributed by atoms with E-state index < -0.39 is 0 Å². The van der Waals surface area contributed by atoms with E-state index in [1.807, 2.05) is 24.3 Å². The number of fused-ring (bicyclic) bond motifs is 5. The molecule has 0 amide bonds. The second-order valence-corrected chi connectivity index (χ2v) is 11.8. The second kappa shape index (κ2) is 10.5. The molecule has 1 N–H and O–H groups in total. The Morgan fingerprint density at radius 3 is 2.42 bits per heavy atom. The molecule has 2 heterocycles. The molecule has 4 heteroatoms. The summed E-state index contributed by atoms with van der Waals surface area (Å²) in [5.41, 5.74) is 8.86. The number of para-hydroxylation sites is 1. The molecule has 2 aliphatic rings. The first kappa shape index (κ1) is 25.7. The van der Waals surface area contributed by atoms with Gasteiger partial charge in [0, 0.05) is 22.3 Å². The van der Waals surface area contributed by atoms with Gasteiger partial charge >= 0.3 is 0 Å². The number of hydrogen-bond donors (Lipinski definition) is 1. The summed E-state index contributed by atoms with van der Waals surface area (Å²) in [4.78, 5) is 10.5. The SMILES string of the molecule is C1=CC(C2=NC(c3ccc4cc(-c5ccccc5)ccc4c3)NC(c3cccc4oc5ccccc5c34)=N2)Cc2ccccc21. The zero-order valence-electron chi connectivity index (χ0n) is 24.5. The molecule has 0 fully saturated rings. The van der Waals surface area contributed by atoms with Gasteiger partial charge in [-0.15, -0.1) is 0 Å². The molecule has 7 aromatic rings. The lowest BCUT2D eigenvalue weighted by Crippen LogP contribution is -2.35. The van der Waals surface area contributed by atoms with Crippen LogP contribution in [0.25, 0.3) is 49.9 Å². The molecule has 2 atom stereocenters. The molecule has 1 aliphatic carbocycles. The van der Waals surface area contributed by atoms with Crippen LogP contribution in [-0.4, -0.2) is 11.7 Å². The van der Waals surface area contributed by atoms with Crippen molar-refractivity contribution in [3.05, 3.63) is 162 Å². The lowest BCUT2D eigenvalue weighted by atomic mass is 9.88. The number of nitrogens with zero attached hydrogens (tertiary/aromatic N) is 2. The fourth-order valence-corrected chi connectivity index (χ4v) is 6.75. The Balaban J connectivity index is 1.15. The van der Waals surface area contributed by atoms with Crippen LogP contribution in [0.15, 0.2) is 154 Å². The summed E-state index contributed by atoms with van der Waals surface area (Å²) in [6.07, 6.45) is 5.05. The van der Waals surface area contributed by atoms with Gasteiger partial charge in [-0.1, -0.05) is 121 Å². The average molecular weight is 580 g/mol. The molecule has 1 aliphatic heterocycles. The van der Waals surface area contributed by atoms with Gasteiger partial charge in [-0.2, -0.15) is 0 Å². The summed E-state index contributed by atoms with van der Waals surface area (Å²) in [5, 5.41) is 8.26. The normalized spacial score (nSPS) is 17.6. The zero-order chi connectivity index (χ0) is 29.7. The van der Waals surface area contributed by atoms with Gasteiger partial charge in [0.2, 0.25) is 0 Å². The van der Waals surface area contributed by atoms with Gasteiger partial charge in [0.25, 0.3) is 0 Å². The molecule has 2 unspecified atom stereocenters. The van der Waals surface area contributed by atoms with E-state index in [0.29, 0.717) is 0 Å². The predicted molar refractivity (Wildman–Crippen MR) is 186 cm³/mol. The highest BCUT2D eigenvalue weighted by Gasteiger charge is 2.27. The lowest BCUT2D eigenvalue weighted by Gasteiger charge is -2.27. The molecule has 0 radical (unpaired) electrons. The molecular weight excluding hydrogens is 550 g/mol. The summed E-state index contributed by atoms with van der Waals surface area (Å²) in [6.45, 7) is 0. The summed E-state index contributed by atoms with van der Waals surface area (Å²) < 4.78 is 6.24. The molecular formula is C41H29N3O. The number of hydrogen-bond acceptors (Lipinski definition) is 4. The van der Waals surface area contributed by atoms with Crippen LogP contribution < -0.4 is 5.32 Å². The van der Waals surface area contributed by atoms with E-state index in [-0.39, 0.29) is 12.1 Å². The number of aliphatic imine (C=N–C) groups is 2. The number of furan rings is 1. The van der Waals surface area contributed by atoms with E-state index in [4.69, 9.17) is 14.4 Å². The van der Waals surface area contributed by atoms with Crippen molar-refractivity contribution >= 4 is 50.5 Å². The van der Waals surface area contributed by atoms with Crippen LogP contribution in [0.5, 0.6) is 0 Å². The van der Waals surface area contributed by atoms with Crippen LogP contribution in [0.2, 0.25) is 0 Å². The van der Waals surface area contributed by atoms with E-state index in [2.05, 4.69) is 127 Å². The first-order chi connectivity index (χ1) is 22.3. The largest absolute Gasteiger partial charge is 0.456 e. The highest BCUT2D eigenvalue weighted by atomic mass is 16.3. The maximum Gasteiger partial charge on any atom is 0.147 e. The van der Waals surface area contributed by atoms with Gasteiger partial charge in [0.1, 0.15) is 29.0 Å². The van der Waals surface area contributed by atoms with Gasteiger partial charge in [-0.3, -0.25) is 0 Å². The van der Waals surface area contributed by atoms with Crippen LogP contribution >= 0.6 is 0 Å². The molecule has 6 aromatic carbocycles. The topological polar surface area (TPSA) is 49.9 Å². The summed E-state index contributed by atoms with van der Waals surface area (Å²) >= 11 is 0. The van der Waals surface area contributed by atoms with Crippen LogP contribution in [-0.2, 0) is 6.42 Å². The van der Waals surface area contributed by atoms with Crippen molar-refractivity contribution in [2.45, 2.75) is 12.6 Å². The number of benzene rings is 6. The molecule has 0 bridgehead atoms. The molecule has 0 saturated heterocycles. The maximum absolute atomic E-state index is 6.24. The van der Waals surface area contributed by atoms with Crippen LogP contribution in [0.3, 0.4) is 0 Å². The van der Waals surface area contributed by atoms with Crippen LogP contribution in [0, 0.1) is 5.92 Å². The van der Waals surface area contributed by atoms with Crippen molar-refractivity contribution in [1.82, 2.24) is 5.32 Å². The van der Waals surface area contributed by atoms with Crippen molar-refractivity contribution in [2.75, 3.05) is 0 Å². The van der Waals surface area contributed by atoms with Gasteiger partial charge in [-0.05, 0) is 69.3 Å². The van der Waals surface area contributed by atoms with E-state index in [1.54, 1.807) is 0 Å². The Bertz CT molecular complexity index is 2340. The molecule has 214 valence electrons. The monoisotopic (exact) mass is 579 g/mol. The molecule has 4 nitrogen and oxygen atoms in total.